The molecule has 0 aliphatic heterocycles. The molecular weight excluding hydrogens is 456 g/mol. The molecule has 1 aromatic heterocycles. The first-order valence-corrected chi connectivity index (χ1v) is 12.7. The zero-order valence-corrected chi connectivity index (χ0v) is 20.4. The standard InChI is InChI=1S/C25H28N2O4S2/c1-4-16-27(33(29,30)24-14-11-22(31-3)12-15-24)19-25(28)26(17-21-8-6-5-7-9-21)18-23-13-10-20(2)32-23/h4-15H,1,16-19H2,2-3H3. The van der Waals surface area contributed by atoms with E-state index in [-0.39, 0.29) is 23.9 Å². The maximum absolute atomic E-state index is 13.4. The van der Waals surface area contributed by atoms with Crippen LogP contribution in [-0.2, 0) is 27.9 Å². The summed E-state index contributed by atoms with van der Waals surface area (Å²) in [7, 11) is -2.38. The molecule has 33 heavy (non-hydrogen) atoms. The fourth-order valence-corrected chi connectivity index (χ4v) is 5.60. The van der Waals surface area contributed by atoms with Gasteiger partial charge in [-0.3, -0.25) is 4.79 Å². The monoisotopic (exact) mass is 484 g/mol. The van der Waals surface area contributed by atoms with Crippen LogP contribution in [0.25, 0.3) is 0 Å². The van der Waals surface area contributed by atoms with Crippen molar-refractivity contribution in [2.75, 3.05) is 20.2 Å². The first kappa shape index (κ1) is 24.7. The molecule has 0 N–H and O–H groups in total. The van der Waals surface area contributed by atoms with Crippen molar-refractivity contribution < 1.29 is 17.9 Å². The minimum Gasteiger partial charge on any atom is -0.497 e. The Labute approximate surface area is 199 Å². The van der Waals surface area contributed by atoms with Crippen LogP contribution in [0.1, 0.15) is 15.3 Å². The molecular formula is C25H28N2O4S2. The van der Waals surface area contributed by atoms with E-state index in [1.54, 1.807) is 28.4 Å². The highest BCUT2D eigenvalue weighted by Gasteiger charge is 2.28. The number of amides is 1. The van der Waals surface area contributed by atoms with Gasteiger partial charge in [-0.1, -0.05) is 36.4 Å². The predicted molar refractivity (Wildman–Crippen MR) is 132 cm³/mol. The molecule has 1 amide bonds. The van der Waals surface area contributed by atoms with Crippen LogP contribution in [-0.4, -0.2) is 43.7 Å². The molecule has 0 unspecified atom stereocenters. The Morgan fingerprint density at radius 1 is 1.03 bits per heavy atom. The number of nitrogens with zero attached hydrogens (tertiary/aromatic N) is 2. The lowest BCUT2D eigenvalue weighted by Gasteiger charge is -2.26. The third-order valence-corrected chi connectivity index (χ3v) is 7.86. The van der Waals surface area contributed by atoms with Gasteiger partial charge in [0.15, 0.2) is 0 Å². The molecule has 1 heterocycles. The highest BCUT2D eigenvalue weighted by Crippen LogP contribution is 2.22. The van der Waals surface area contributed by atoms with E-state index in [2.05, 4.69) is 6.58 Å². The predicted octanol–water partition coefficient (Wildman–Crippen LogP) is 4.47. The van der Waals surface area contributed by atoms with Crippen LogP contribution >= 0.6 is 11.3 Å². The Hall–Kier alpha value is -2.94. The number of carbonyl (C=O) groups excluding carboxylic acids is 1. The molecule has 0 spiro atoms. The topological polar surface area (TPSA) is 66.9 Å². The molecule has 0 saturated heterocycles. The van der Waals surface area contributed by atoms with E-state index < -0.39 is 10.0 Å². The Kier molecular flexibility index (Phi) is 8.43. The van der Waals surface area contributed by atoms with Crippen LogP contribution in [0.4, 0.5) is 0 Å². The van der Waals surface area contributed by atoms with Crippen molar-refractivity contribution in [3.63, 3.8) is 0 Å². The van der Waals surface area contributed by atoms with Crippen LogP contribution in [0.5, 0.6) is 5.75 Å². The number of rotatable bonds is 11. The molecule has 0 aliphatic carbocycles. The molecule has 0 bridgehead atoms. The molecule has 6 nitrogen and oxygen atoms in total. The maximum Gasteiger partial charge on any atom is 0.243 e. The van der Waals surface area contributed by atoms with Crippen molar-refractivity contribution in [1.29, 1.82) is 0 Å². The van der Waals surface area contributed by atoms with Gasteiger partial charge in [-0.2, -0.15) is 4.31 Å². The van der Waals surface area contributed by atoms with E-state index >= 15 is 0 Å². The molecule has 0 saturated carbocycles. The molecule has 174 valence electrons. The number of hydrogen-bond acceptors (Lipinski definition) is 5. The van der Waals surface area contributed by atoms with Crippen LogP contribution in [0.2, 0.25) is 0 Å². The Morgan fingerprint density at radius 3 is 2.30 bits per heavy atom. The van der Waals surface area contributed by atoms with Crippen LogP contribution in [0, 0.1) is 6.92 Å². The average Bonchev–Trinajstić information content (AvgIpc) is 3.23. The second-order valence-electron chi connectivity index (χ2n) is 7.51. The molecule has 3 aromatic rings. The van der Waals surface area contributed by atoms with Crippen molar-refractivity contribution in [2.45, 2.75) is 24.9 Å². The molecule has 8 heteroatoms. The van der Waals surface area contributed by atoms with E-state index in [1.165, 1.54) is 25.3 Å². The third-order valence-electron chi connectivity index (χ3n) is 5.05. The third kappa shape index (κ3) is 6.54. The van der Waals surface area contributed by atoms with Crippen LogP contribution < -0.4 is 4.74 Å². The summed E-state index contributed by atoms with van der Waals surface area (Å²) in [4.78, 5) is 17.4. The Bertz CT molecular complexity index is 1170. The highest BCUT2D eigenvalue weighted by atomic mass is 32.2. The van der Waals surface area contributed by atoms with E-state index in [0.717, 1.165) is 19.6 Å². The molecule has 0 aliphatic rings. The quantitative estimate of drug-likeness (QED) is 0.377. The number of thiophene rings is 1. The zero-order valence-electron chi connectivity index (χ0n) is 18.8. The molecule has 2 aromatic carbocycles. The highest BCUT2D eigenvalue weighted by molar-refractivity contribution is 7.89. The fourth-order valence-electron chi connectivity index (χ4n) is 3.33. The van der Waals surface area contributed by atoms with E-state index in [9.17, 15) is 13.2 Å². The second-order valence-corrected chi connectivity index (χ2v) is 10.8. The molecule has 3 rings (SSSR count). The van der Waals surface area contributed by atoms with Gasteiger partial charge < -0.3 is 9.64 Å². The Balaban J connectivity index is 1.85. The summed E-state index contributed by atoms with van der Waals surface area (Å²) >= 11 is 1.63. The van der Waals surface area contributed by atoms with Gasteiger partial charge in [0.2, 0.25) is 15.9 Å². The second kappa shape index (κ2) is 11.3. The lowest BCUT2D eigenvalue weighted by Crippen LogP contribution is -2.42. The van der Waals surface area contributed by atoms with Gasteiger partial charge in [0.25, 0.3) is 0 Å². The summed E-state index contributed by atoms with van der Waals surface area (Å²) in [5, 5.41) is 0. The summed E-state index contributed by atoms with van der Waals surface area (Å²) in [6, 6.07) is 19.8. The summed E-state index contributed by atoms with van der Waals surface area (Å²) in [5.41, 5.74) is 0.979. The molecule has 0 fully saturated rings. The minimum absolute atomic E-state index is 0.0252. The van der Waals surface area contributed by atoms with Gasteiger partial charge in [-0.05, 0) is 48.9 Å². The number of carbonyl (C=O) groups is 1. The smallest absolute Gasteiger partial charge is 0.243 e. The molecule has 0 atom stereocenters. The normalized spacial score (nSPS) is 11.4. The van der Waals surface area contributed by atoms with Gasteiger partial charge in [0, 0.05) is 22.8 Å². The van der Waals surface area contributed by atoms with Crippen molar-refractivity contribution in [1.82, 2.24) is 9.21 Å². The number of ether oxygens (including phenoxy) is 1. The first-order chi connectivity index (χ1) is 15.8. The SMILES string of the molecule is C=CCN(CC(=O)N(Cc1ccccc1)Cc1ccc(C)s1)S(=O)(=O)c1ccc(OC)cc1. The average molecular weight is 485 g/mol. The largest absolute Gasteiger partial charge is 0.497 e. The summed E-state index contributed by atoms with van der Waals surface area (Å²) < 4.78 is 32.8. The zero-order chi connectivity index (χ0) is 23.8. The number of benzene rings is 2. The lowest BCUT2D eigenvalue weighted by molar-refractivity contribution is -0.132. The van der Waals surface area contributed by atoms with E-state index in [1.807, 2.05) is 49.4 Å². The van der Waals surface area contributed by atoms with Crippen molar-refractivity contribution >= 4 is 27.3 Å². The first-order valence-electron chi connectivity index (χ1n) is 10.5. The minimum atomic E-state index is -3.90. The van der Waals surface area contributed by atoms with Crippen LogP contribution in [0.15, 0.2) is 84.3 Å². The molecule has 0 radical (unpaired) electrons. The number of sulfonamides is 1. The number of hydrogen-bond donors (Lipinski definition) is 0. The Morgan fingerprint density at radius 2 is 1.73 bits per heavy atom. The van der Waals surface area contributed by atoms with Gasteiger partial charge >= 0.3 is 0 Å². The van der Waals surface area contributed by atoms with Gasteiger partial charge in [0.1, 0.15) is 5.75 Å². The van der Waals surface area contributed by atoms with Crippen molar-refractivity contribution in [3.8, 4) is 5.75 Å². The van der Waals surface area contributed by atoms with E-state index in [0.29, 0.717) is 18.8 Å². The lowest BCUT2D eigenvalue weighted by atomic mass is 10.2. The van der Waals surface area contributed by atoms with Crippen molar-refractivity contribution in [3.05, 3.63) is 94.7 Å². The summed E-state index contributed by atoms with van der Waals surface area (Å²) in [6.07, 6.45) is 1.48. The summed E-state index contributed by atoms with van der Waals surface area (Å²) in [6.45, 7) is 6.24. The van der Waals surface area contributed by atoms with E-state index in [4.69, 9.17) is 4.74 Å². The number of methoxy groups -OCH3 is 1. The fraction of sp³-hybridized carbons (Fsp3) is 0.240. The summed E-state index contributed by atoms with van der Waals surface area (Å²) in [5.74, 6) is 0.282. The van der Waals surface area contributed by atoms with Crippen molar-refractivity contribution in [2.24, 2.45) is 0 Å². The van der Waals surface area contributed by atoms with Gasteiger partial charge in [0.05, 0.1) is 25.1 Å². The van der Waals surface area contributed by atoms with Crippen LogP contribution in [0.3, 0.4) is 0 Å². The maximum atomic E-state index is 13.4. The number of aryl methyl sites for hydroxylation is 1. The van der Waals surface area contributed by atoms with Gasteiger partial charge in [-0.25, -0.2) is 8.42 Å². The van der Waals surface area contributed by atoms with Gasteiger partial charge in [-0.15, -0.1) is 17.9 Å².